The lowest BCUT2D eigenvalue weighted by molar-refractivity contribution is 0.112. The third-order valence-corrected chi connectivity index (χ3v) is 4.62. The molecule has 2 aromatic rings. The minimum Gasteiger partial charge on any atom is -0.298 e. The predicted octanol–water partition coefficient (Wildman–Crippen LogP) is 3.63. The van der Waals surface area contributed by atoms with Gasteiger partial charge in [0.2, 0.25) is 0 Å². The van der Waals surface area contributed by atoms with E-state index in [1.54, 1.807) is 17.9 Å². The number of carbonyl (C=O) groups excluding carboxylic acids is 1. The van der Waals surface area contributed by atoms with Gasteiger partial charge in [0.05, 0.1) is 5.56 Å². The lowest BCUT2D eigenvalue weighted by atomic mass is 9.84. The van der Waals surface area contributed by atoms with Gasteiger partial charge in [-0.15, -0.1) is 0 Å². The summed E-state index contributed by atoms with van der Waals surface area (Å²) in [5, 5.41) is 4.40. The Morgan fingerprint density at radius 2 is 2.10 bits per heavy atom. The number of carbonyl (C=O) groups is 1. The summed E-state index contributed by atoms with van der Waals surface area (Å²) >= 11 is 0. The van der Waals surface area contributed by atoms with Crippen molar-refractivity contribution < 1.29 is 9.18 Å². The average molecular weight is 286 g/mol. The van der Waals surface area contributed by atoms with Crippen molar-refractivity contribution in [1.82, 2.24) is 9.78 Å². The fraction of sp³-hybridized carbons (Fsp3) is 0.412. The predicted molar refractivity (Wildman–Crippen MR) is 80.4 cm³/mol. The maximum Gasteiger partial charge on any atom is 0.153 e. The Kier molecular flexibility index (Phi) is 3.01. The van der Waals surface area contributed by atoms with Gasteiger partial charge in [-0.2, -0.15) is 5.10 Å². The number of aldehydes is 1. The standard InChI is InChI=1S/C17H19FN2O/c1-10-14-12(15-11(9-21)8-20(4)19-15)6-5-7-13(14)17(2,3)16(10)18/h5-10,16H,1-4H3. The smallest absolute Gasteiger partial charge is 0.153 e. The molecule has 21 heavy (non-hydrogen) atoms. The molecule has 2 atom stereocenters. The molecule has 1 aliphatic carbocycles. The molecule has 0 saturated carbocycles. The summed E-state index contributed by atoms with van der Waals surface area (Å²) in [5.74, 6) is -0.201. The van der Waals surface area contributed by atoms with E-state index >= 15 is 0 Å². The number of halogens is 1. The van der Waals surface area contributed by atoms with Gasteiger partial charge in [0.1, 0.15) is 11.9 Å². The molecule has 2 unspecified atom stereocenters. The highest BCUT2D eigenvalue weighted by atomic mass is 19.1. The molecule has 1 aromatic heterocycles. The number of aromatic nitrogens is 2. The van der Waals surface area contributed by atoms with Crippen molar-refractivity contribution in [2.45, 2.75) is 38.3 Å². The number of aryl methyl sites for hydroxylation is 1. The van der Waals surface area contributed by atoms with Gasteiger partial charge in [-0.1, -0.05) is 39.0 Å². The van der Waals surface area contributed by atoms with Crippen LogP contribution in [0.25, 0.3) is 11.3 Å². The molecule has 0 bridgehead atoms. The zero-order chi connectivity index (χ0) is 15.4. The second kappa shape index (κ2) is 4.52. The van der Waals surface area contributed by atoms with Crippen LogP contribution in [-0.2, 0) is 12.5 Å². The van der Waals surface area contributed by atoms with Crippen LogP contribution in [0.3, 0.4) is 0 Å². The molecule has 1 aromatic carbocycles. The number of hydrogen-bond donors (Lipinski definition) is 0. The minimum atomic E-state index is -0.933. The Balaban J connectivity index is 2.29. The molecule has 4 heteroatoms. The number of hydrogen-bond acceptors (Lipinski definition) is 2. The van der Waals surface area contributed by atoms with Crippen molar-refractivity contribution in [2.75, 3.05) is 0 Å². The average Bonchev–Trinajstić information content (AvgIpc) is 2.92. The first-order valence-corrected chi connectivity index (χ1v) is 7.14. The van der Waals surface area contributed by atoms with Crippen molar-refractivity contribution in [2.24, 2.45) is 7.05 Å². The van der Waals surface area contributed by atoms with Gasteiger partial charge in [0.25, 0.3) is 0 Å². The van der Waals surface area contributed by atoms with Crippen LogP contribution in [0.4, 0.5) is 4.39 Å². The molecule has 0 aliphatic heterocycles. The molecule has 0 amide bonds. The monoisotopic (exact) mass is 286 g/mol. The third-order valence-electron chi connectivity index (χ3n) is 4.62. The zero-order valence-corrected chi connectivity index (χ0v) is 12.7. The van der Waals surface area contributed by atoms with Crippen molar-refractivity contribution >= 4 is 6.29 Å². The van der Waals surface area contributed by atoms with Gasteiger partial charge in [0, 0.05) is 30.1 Å². The molecule has 0 saturated heterocycles. The summed E-state index contributed by atoms with van der Waals surface area (Å²) in [6.45, 7) is 5.77. The van der Waals surface area contributed by atoms with Crippen LogP contribution >= 0.6 is 0 Å². The van der Waals surface area contributed by atoms with Crippen LogP contribution in [0.15, 0.2) is 24.4 Å². The van der Waals surface area contributed by atoms with Gasteiger partial charge in [0.15, 0.2) is 6.29 Å². The summed E-state index contributed by atoms with van der Waals surface area (Å²) in [6.07, 6.45) is 1.57. The number of benzene rings is 1. The molecule has 0 fully saturated rings. The lowest BCUT2D eigenvalue weighted by Crippen LogP contribution is -2.26. The summed E-state index contributed by atoms with van der Waals surface area (Å²) in [4.78, 5) is 11.3. The molecule has 0 N–H and O–H groups in total. The van der Waals surface area contributed by atoms with E-state index in [0.717, 1.165) is 23.0 Å². The highest BCUT2D eigenvalue weighted by molar-refractivity contribution is 5.87. The van der Waals surface area contributed by atoms with E-state index < -0.39 is 11.6 Å². The van der Waals surface area contributed by atoms with Gasteiger partial charge in [-0.25, -0.2) is 4.39 Å². The molecule has 1 heterocycles. The molecule has 0 radical (unpaired) electrons. The normalized spacial score (nSPS) is 23.1. The van der Waals surface area contributed by atoms with Gasteiger partial charge < -0.3 is 0 Å². The van der Waals surface area contributed by atoms with E-state index in [-0.39, 0.29) is 5.92 Å². The molecule has 1 aliphatic rings. The number of rotatable bonds is 2. The Morgan fingerprint density at radius 3 is 2.76 bits per heavy atom. The van der Waals surface area contributed by atoms with Gasteiger partial charge >= 0.3 is 0 Å². The topological polar surface area (TPSA) is 34.9 Å². The van der Waals surface area contributed by atoms with Crippen LogP contribution in [0.2, 0.25) is 0 Å². The van der Waals surface area contributed by atoms with Gasteiger partial charge in [-0.3, -0.25) is 9.48 Å². The lowest BCUT2D eigenvalue weighted by Gasteiger charge is -2.23. The Hall–Kier alpha value is -1.97. The summed E-state index contributed by atoms with van der Waals surface area (Å²) < 4.78 is 16.3. The van der Waals surface area contributed by atoms with Crippen LogP contribution in [0.1, 0.15) is 48.2 Å². The number of alkyl halides is 1. The zero-order valence-electron chi connectivity index (χ0n) is 12.7. The quantitative estimate of drug-likeness (QED) is 0.790. The molecule has 110 valence electrons. The molecule has 0 spiro atoms. The first-order valence-electron chi connectivity index (χ1n) is 7.14. The van der Waals surface area contributed by atoms with Crippen LogP contribution in [0, 0.1) is 0 Å². The van der Waals surface area contributed by atoms with E-state index in [9.17, 15) is 9.18 Å². The van der Waals surface area contributed by atoms with Crippen LogP contribution < -0.4 is 0 Å². The first kappa shape index (κ1) is 14.0. The Bertz CT molecular complexity index is 718. The van der Waals surface area contributed by atoms with E-state index in [4.69, 9.17) is 0 Å². The fourth-order valence-electron chi connectivity index (χ4n) is 3.55. The third kappa shape index (κ3) is 1.85. The summed E-state index contributed by atoms with van der Waals surface area (Å²) in [6, 6.07) is 5.83. The van der Waals surface area contributed by atoms with E-state index in [1.807, 2.05) is 39.0 Å². The van der Waals surface area contributed by atoms with Crippen LogP contribution in [0.5, 0.6) is 0 Å². The Morgan fingerprint density at radius 1 is 1.38 bits per heavy atom. The summed E-state index contributed by atoms with van der Waals surface area (Å²) in [5.41, 5.74) is 3.54. The molecular formula is C17H19FN2O. The molecular weight excluding hydrogens is 267 g/mol. The fourth-order valence-corrected chi connectivity index (χ4v) is 3.55. The first-order chi connectivity index (χ1) is 9.87. The maximum absolute atomic E-state index is 14.7. The highest BCUT2D eigenvalue weighted by Gasteiger charge is 2.46. The molecule has 3 nitrogen and oxygen atoms in total. The second-order valence-electron chi connectivity index (χ2n) is 6.40. The molecule has 3 rings (SSSR count). The van der Waals surface area contributed by atoms with Crippen molar-refractivity contribution in [1.29, 1.82) is 0 Å². The summed E-state index contributed by atoms with van der Waals surface area (Å²) in [7, 11) is 1.78. The van der Waals surface area contributed by atoms with Crippen molar-refractivity contribution in [3.8, 4) is 11.3 Å². The largest absolute Gasteiger partial charge is 0.298 e. The van der Waals surface area contributed by atoms with Crippen molar-refractivity contribution in [3.63, 3.8) is 0 Å². The van der Waals surface area contributed by atoms with E-state index in [1.165, 1.54) is 0 Å². The highest BCUT2D eigenvalue weighted by Crippen LogP contribution is 2.50. The Labute approximate surface area is 123 Å². The van der Waals surface area contributed by atoms with E-state index in [0.29, 0.717) is 11.3 Å². The van der Waals surface area contributed by atoms with Crippen molar-refractivity contribution in [3.05, 3.63) is 41.1 Å². The minimum absolute atomic E-state index is 0.201. The van der Waals surface area contributed by atoms with Gasteiger partial charge in [-0.05, 0) is 11.1 Å². The SMILES string of the molecule is CC1c2c(-c3nn(C)cc3C=O)cccc2C(C)(C)C1F. The second-order valence-corrected chi connectivity index (χ2v) is 6.40. The number of nitrogens with zero attached hydrogens (tertiary/aromatic N) is 2. The van der Waals surface area contributed by atoms with Crippen LogP contribution in [-0.4, -0.2) is 22.2 Å². The number of fused-ring (bicyclic) bond motifs is 1. The maximum atomic E-state index is 14.7. The van der Waals surface area contributed by atoms with E-state index in [2.05, 4.69) is 5.10 Å².